The van der Waals surface area contributed by atoms with E-state index in [0.29, 0.717) is 0 Å². The first kappa shape index (κ1) is 15.0. The second kappa shape index (κ2) is 5.82. The fraction of sp³-hybridized carbons (Fsp3) is 0.286. The van der Waals surface area contributed by atoms with Crippen LogP contribution in [0.5, 0.6) is 0 Å². The highest BCUT2D eigenvalue weighted by atomic mass is 16.1. The standard InChI is InChI=1S/C21H22N2O/c1-13-10-11-18-17(12-13)16-8-5-9-19(20(16)22-18)23-21(24)15-7-4-3-6-14(15)2/h3-4,6-7,10-12,19,22H,5,8-9H2,1-2H3,(H,23,24). The number of carbonyl (C=O) groups excluding carboxylic acids is 1. The van der Waals surface area contributed by atoms with Crippen molar-refractivity contribution in [1.29, 1.82) is 0 Å². The highest BCUT2D eigenvalue weighted by Gasteiger charge is 2.26. The summed E-state index contributed by atoms with van der Waals surface area (Å²) >= 11 is 0. The molecule has 1 aliphatic rings. The molecule has 0 bridgehead atoms. The van der Waals surface area contributed by atoms with Crippen LogP contribution >= 0.6 is 0 Å². The van der Waals surface area contributed by atoms with Gasteiger partial charge in [-0.15, -0.1) is 0 Å². The molecule has 3 heteroatoms. The Hall–Kier alpha value is -2.55. The molecule has 0 aliphatic heterocycles. The summed E-state index contributed by atoms with van der Waals surface area (Å²) in [4.78, 5) is 16.2. The molecule has 122 valence electrons. The number of aromatic nitrogens is 1. The molecular weight excluding hydrogens is 296 g/mol. The zero-order chi connectivity index (χ0) is 16.7. The van der Waals surface area contributed by atoms with E-state index in [-0.39, 0.29) is 11.9 Å². The van der Waals surface area contributed by atoms with Gasteiger partial charge < -0.3 is 10.3 Å². The molecule has 3 nitrogen and oxygen atoms in total. The number of hydrogen-bond donors (Lipinski definition) is 2. The molecule has 1 atom stereocenters. The quantitative estimate of drug-likeness (QED) is 0.713. The van der Waals surface area contributed by atoms with Gasteiger partial charge in [0.15, 0.2) is 0 Å². The Bertz CT molecular complexity index is 923. The summed E-state index contributed by atoms with van der Waals surface area (Å²) in [6.45, 7) is 4.10. The lowest BCUT2D eigenvalue weighted by molar-refractivity contribution is 0.0931. The highest BCUT2D eigenvalue weighted by molar-refractivity contribution is 5.96. The molecular formula is C21H22N2O. The first-order chi connectivity index (χ1) is 11.6. The third-order valence-corrected chi connectivity index (χ3v) is 5.06. The van der Waals surface area contributed by atoms with E-state index in [1.807, 2.05) is 31.2 Å². The fourth-order valence-corrected chi connectivity index (χ4v) is 3.78. The number of rotatable bonds is 2. The molecule has 1 aromatic heterocycles. The number of amides is 1. The molecule has 2 N–H and O–H groups in total. The van der Waals surface area contributed by atoms with Gasteiger partial charge in [-0.05, 0) is 62.4 Å². The van der Waals surface area contributed by atoms with Gasteiger partial charge in [-0.3, -0.25) is 4.79 Å². The van der Waals surface area contributed by atoms with Crippen molar-refractivity contribution in [3.8, 4) is 0 Å². The first-order valence-electron chi connectivity index (χ1n) is 8.61. The minimum atomic E-state index is 0.0146. The fourth-order valence-electron chi connectivity index (χ4n) is 3.78. The number of benzene rings is 2. The number of aryl methyl sites for hydroxylation is 3. The molecule has 0 fully saturated rings. The van der Waals surface area contributed by atoms with Crippen LogP contribution in [0.4, 0.5) is 0 Å². The van der Waals surface area contributed by atoms with Crippen LogP contribution in [0, 0.1) is 13.8 Å². The number of aromatic amines is 1. The van der Waals surface area contributed by atoms with E-state index >= 15 is 0 Å². The third-order valence-electron chi connectivity index (χ3n) is 5.06. The summed E-state index contributed by atoms with van der Waals surface area (Å²) in [7, 11) is 0. The summed E-state index contributed by atoms with van der Waals surface area (Å²) < 4.78 is 0. The van der Waals surface area contributed by atoms with Gasteiger partial charge in [0, 0.05) is 22.2 Å². The number of nitrogens with one attached hydrogen (secondary N) is 2. The lowest BCUT2D eigenvalue weighted by Crippen LogP contribution is -2.31. The lowest BCUT2D eigenvalue weighted by atomic mass is 9.91. The van der Waals surface area contributed by atoms with E-state index in [0.717, 1.165) is 30.4 Å². The molecule has 1 heterocycles. The van der Waals surface area contributed by atoms with Crippen LogP contribution in [0.15, 0.2) is 42.5 Å². The minimum absolute atomic E-state index is 0.0146. The summed E-state index contributed by atoms with van der Waals surface area (Å²) in [5.41, 5.74) is 6.77. The van der Waals surface area contributed by atoms with Gasteiger partial charge in [-0.1, -0.05) is 29.8 Å². The Balaban J connectivity index is 1.68. The zero-order valence-electron chi connectivity index (χ0n) is 14.1. The Kier molecular flexibility index (Phi) is 3.64. The molecule has 3 aromatic rings. The maximum Gasteiger partial charge on any atom is 0.252 e. The van der Waals surface area contributed by atoms with Crippen molar-refractivity contribution < 1.29 is 4.79 Å². The summed E-state index contributed by atoms with van der Waals surface area (Å²) in [5, 5.41) is 4.54. The van der Waals surface area contributed by atoms with Crippen molar-refractivity contribution in [3.05, 3.63) is 70.4 Å². The van der Waals surface area contributed by atoms with Gasteiger partial charge in [-0.25, -0.2) is 0 Å². The minimum Gasteiger partial charge on any atom is -0.356 e. The Labute approximate surface area is 142 Å². The van der Waals surface area contributed by atoms with Crippen molar-refractivity contribution in [2.24, 2.45) is 0 Å². The van der Waals surface area contributed by atoms with Crippen molar-refractivity contribution >= 4 is 16.8 Å². The van der Waals surface area contributed by atoms with Gasteiger partial charge in [-0.2, -0.15) is 0 Å². The van der Waals surface area contributed by atoms with E-state index in [1.54, 1.807) is 0 Å². The Morgan fingerprint density at radius 3 is 2.83 bits per heavy atom. The molecule has 0 spiro atoms. The van der Waals surface area contributed by atoms with Gasteiger partial charge in [0.1, 0.15) is 0 Å². The predicted molar refractivity (Wildman–Crippen MR) is 97.4 cm³/mol. The Morgan fingerprint density at radius 1 is 1.17 bits per heavy atom. The highest BCUT2D eigenvalue weighted by Crippen LogP contribution is 2.35. The smallest absolute Gasteiger partial charge is 0.252 e. The SMILES string of the molecule is Cc1ccc2[nH]c3c(c2c1)CCCC3NC(=O)c1ccccc1C. The van der Waals surface area contributed by atoms with E-state index in [2.05, 4.69) is 35.4 Å². The lowest BCUT2D eigenvalue weighted by Gasteiger charge is -2.24. The Morgan fingerprint density at radius 2 is 2.00 bits per heavy atom. The van der Waals surface area contributed by atoms with Crippen LogP contribution in [0.1, 0.15) is 51.6 Å². The number of carbonyl (C=O) groups is 1. The van der Waals surface area contributed by atoms with Crippen molar-refractivity contribution in [2.75, 3.05) is 0 Å². The topological polar surface area (TPSA) is 44.9 Å². The average molecular weight is 318 g/mol. The molecule has 2 aromatic carbocycles. The maximum atomic E-state index is 12.7. The van der Waals surface area contributed by atoms with Crippen LogP contribution in [-0.2, 0) is 6.42 Å². The van der Waals surface area contributed by atoms with Gasteiger partial charge in [0.2, 0.25) is 0 Å². The second-order valence-electron chi connectivity index (χ2n) is 6.80. The van der Waals surface area contributed by atoms with E-state index < -0.39 is 0 Å². The summed E-state index contributed by atoms with van der Waals surface area (Å²) in [6, 6.07) is 14.3. The monoisotopic (exact) mass is 318 g/mol. The molecule has 0 radical (unpaired) electrons. The van der Waals surface area contributed by atoms with Crippen molar-refractivity contribution in [3.63, 3.8) is 0 Å². The molecule has 1 aliphatic carbocycles. The molecule has 24 heavy (non-hydrogen) atoms. The van der Waals surface area contributed by atoms with Gasteiger partial charge >= 0.3 is 0 Å². The molecule has 1 unspecified atom stereocenters. The van der Waals surface area contributed by atoms with E-state index in [9.17, 15) is 4.79 Å². The summed E-state index contributed by atoms with van der Waals surface area (Å²) in [6.07, 6.45) is 3.17. The number of hydrogen-bond acceptors (Lipinski definition) is 1. The predicted octanol–water partition coefficient (Wildman–Crippen LogP) is 4.59. The molecule has 4 rings (SSSR count). The van der Waals surface area contributed by atoms with Crippen LogP contribution in [-0.4, -0.2) is 10.9 Å². The maximum absolute atomic E-state index is 12.7. The second-order valence-corrected chi connectivity index (χ2v) is 6.80. The largest absolute Gasteiger partial charge is 0.356 e. The molecule has 0 saturated heterocycles. The third kappa shape index (κ3) is 2.50. The average Bonchev–Trinajstić information content (AvgIpc) is 2.94. The number of fused-ring (bicyclic) bond motifs is 3. The van der Waals surface area contributed by atoms with Crippen LogP contribution in [0.2, 0.25) is 0 Å². The van der Waals surface area contributed by atoms with Crippen LogP contribution in [0.25, 0.3) is 10.9 Å². The molecule has 1 amide bonds. The van der Waals surface area contributed by atoms with Gasteiger partial charge in [0.05, 0.1) is 6.04 Å². The normalized spacial score (nSPS) is 16.8. The van der Waals surface area contributed by atoms with Crippen molar-refractivity contribution in [1.82, 2.24) is 10.3 Å². The number of H-pyrrole nitrogens is 1. The van der Waals surface area contributed by atoms with E-state index in [1.165, 1.54) is 27.7 Å². The molecule has 0 saturated carbocycles. The van der Waals surface area contributed by atoms with E-state index in [4.69, 9.17) is 0 Å². The first-order valence-corrected chi connectivity index (χ1v) is 8.61. The zero-order valence-corrected chi connectivity index (χ0v) is 14.1. The van der Waals surface area contributed by atoms with Gasteiger partial charge in [0.25, 0.3) is 5.91 Å². The van der Waals surface area contributed by atoms with Crippen LogP contribution in [0.3, 0.4) is 0 Å². The summed E-state index contributed by atoms with van der Waals surface area (Å²) in [5.74, 6) is 0.0146. The van der Waals surface area contributed by atoms with Crippen LogP contribution < -0.4 is 5.32 Å². The van der Waals surface area contributed by atoms with Crippen molar-refractivity contribution in [2.45, 2.75) is 39.2 Å².